The summed E-state index contributed by atoms with van der Waals surface area (Å²) >= 11 is 0.955. The number of hydrogen-bond donors (Lipinski definition) is 0. The molecule has 6 rings (SSSR count). The summed E-state index contributed by atoms with van der Waals surface area (Å²) in [5.74, 6) is 6.18. The normalized spacial score (nSPS) is 9.83. The number of rotatable bonds is 6. The zero-order chi connectivity index (χ0) is 33.3. The van der Waals surface area contributed by atoms with E-state index in [-0.39, 0.29) is 22.3 Å². The summed E-state index contributed by atoms with van der Waals surface area (Å²) in [6.45, 7) is 0. The Labute approximate surface area is 281 Å². The molecule has 0 radical (unpaired) electrons. The highest BCUT2D eigenvalue weighted by Crippen LogP contribution is 2.41. The summed E-state index contributed by atoms with van der Waals surface area (Å²) in [6.07, 6.45) is 3.31. The summed E-state index contributed by atoms with van der Waals surface area (Å²) in [7, 11) is 0. The summed E-state index contributed by atoms with van der Waals surface area (Å²) in [6, 6.07) is 42.0. The van der Waals surface area contributed by atoms with Gasteiger partial charge in [0.1, 0.15) is 46.5 Å². The largest absolute Gasteiger partial charge is 0.311 e. The molecular formula is C39H20N8S. The number of pyridine rings is 1. The van der Waals surface area contributed by atoms with Gasteiger partial charge in [-0.1, -0.05) is 66.4 Å². The molecule has 0 bridgehead atoms. The molecule has 6 aromatic rings. The molecule has 8 nitrogen and oxygen atoms in total. The van der Waals surface area contributed by atoms with E-state index in [1.165, 1.54) is 0 Å². The van der Waals surface area contributed by atoms with Gasteiger partial charge in [-0.15, -0.1) is 0 Å². The third-order valence-electron chi connectivity index (χ3n) is 7.33. The van der Waals surface area contributed by atoms with Gasteiger partial charge in [0.05, 0.1) is 17.3 Å². The maximum absolute atomic E-state index is 10.2. The maximum atomic E-state index is 10.2. The minimum absolute atomic E-state index is 0.110. The van der Waals surface area contributed by atoms with E-state index in [9.17, 15) is 21.0 Å². The molecule has 9 heteroatoms. The number of aromatic nitrogens is 3. The molecule has 0 aliphatic rings. The minimum Gasteiger partial charge on any atom is -0.311 e. The van der Waals surface area contributed by atoms with Gasteiger partial charge in [0, 0.05) is 51.7 Å². The lowest BCUT2D eigenvalue weighted by molar-refractivity contribution is 1.28. The fourth-order valence-corrected chi connectivity index (χ4v) is 5.78. The lowest BCUT2D eigenvalue weighted by Crippen LogP contribution is -2.09. The molecule has 0 saturated carbocycles. The first-order valence-corrected chi connectivity index (χ1v) is 15.2. The third-order valence-corrected chi connectivity index (χ3v) is 7.86. The first-order valence-electron chi connectivity index (χ1n) is 14.4. The number of anilines is 3. The van der Waals surface area contributed by atoms with Crippen LogP contribution in [0.1, 0.15) is 22.3 Å². The molecule has 0 N–H and O–H groups in total. The Hall–Kier alpha value is -7.35. The second kappa shape index (κ2) is 14.2. The molecule has 0 amide bonds. The minimum atomic E-state index is -0.282. The van der Waals surface area contributed by atoms with E-state index >= 15 is 0 Å². The lowest BCUT2D eigenvalue weighted by Gasteiger charge is -2.25. The average molecular weight is 633 g/mol. The number of hydrogen-bond acceptors (Lipinski definition) is 9. The SMILES string of the molecule is N#CC(C#N)=C(C(=C(C#N)C#N)c1ccc(C#Cc2cccnc2)c2nsnc12)c1ccc(N(c2ccccc2)c2ccccc2)cc1. The van der Waals surface area contributed by atoms with Crippen molar-refractivity contribution in [2.75, 3.05) is 4.90 Å². The van der Waals surface area contributed by atoms with Gasteiger partial charge in [0.25, 0.3) is 0 Å². The molecule has 222 valence electrons. The van der Waals surface area contributed by atoms with Gasteiger partial charge in [-0.05, 0) is 60.2 Å². The van der Waals surface area contributed by atoms with Crippen molar-refractivity contribution in [3.05, 3.63) is 155 Å². The highest BCUT2D eigenvalue weighted by molar-refractivity contribution is 7.00. The van der Waals surface area contributed by atoms with Crippen molar-refractivity contribution in [1.29, 1.82) is 21.0 Å². The Morgan fingerprint density at radius 3 is 1.73 bits per heavy atom. The van der Waals surface area contributed by atoms with Crippen LogP contribution in [0.15, 0.2) is 133 Å². The number of benzene rings is 4. The van der Waals surface area contributed by atoms with Crippen LogP contribution in [-0.4, -0.2) is 13.7 Å². The molecular weight excluding hydrogens is 613 g/mol. The van der Waals surface area contributed by atoms with Gasteiger partial charge >= 0.3 is 0 Å². The maximum Gasteiger partial charge on any atom is 0.138 e. The Morgan fingerprint density at radius 2 is 1.15 bits per heavy atom. The number of allylic oxidation sites excluding steroid dienone is 4. The smallest absolute Gasteiger partial charge is 0.138 e. The van der Waals surface area contributed by atoms with Crippen molar-refractivity contribution in [2.24, 2.45) is 0 Å². The van der Waals surface area contributed by atoms with E-state index in [0.717, 1.165) is 28.8 Å². The van der Waals surface area contributed by atoms with E-state index in [4.69, 9.17) is 0 Å². The van der Waals surface area contributed by atoms with Crippen molar-refractivity contribution < 1.29 is 0 Å². The third kappa shape index (κ3) is 6.12. The van der Waals surface area contributed by atoms with Crippen molar-refractivity contribution >= 4 is 51.0 Å². The van der Waals surface area contributed by atoms with Crippen LogP contribution in [-0.2, 0) is 0 Å². The van der Waals surface area contributed by atoms with Gasteiger partial charge in [-0.3, -0.25) is 4.98 Å². The Balaban J connectivity index is 1.52. The standard InChI is InChI=1S/C39H20N8S/c40-22-30(23-41)36(28-15-18-34(19-16-28)47(32-9-3-1-4-10-32)33-11-5-2-6-12-33)37(31(24-42)25-43)35-20-17-29(38-39(35)46-48-45-38)14-13-27-8-7-21-44-26-27/h1-12,15-21,26H. The van der Waals surface area contributed by atoms with Gasteiger partial charge in [0.2, 0.25) is 0 Å². The quantitative estimate of drug-likeness (QED) is 0.102. The monoisotopic (exact) mass is 632 g/mol. The molecule has 0 fully saturated rings. The predicted octanol–water partition coefficient (Wildman–Crippen LogP) is 8.26. The van der Waals surface area contributed by atoms with Crippen molar-refractivity contribution in [3.8, 4) is 36.1 Å². The number of nitrogens with zero attached hydrogens (tertiary/aromatic N) is 8. The van der Waals surface area contributed by atoms with E-state index < -0.39 is 0 Å². The fourth-order valence-electron chi connectivity index (χ4n) is 5.21. The molecule has 0 aliphatic heterocycles. The highest BCUT2D eigenvalue weighted by Gasteiger charge is 2.25. The molecule has 4 aromatic carbocycles. The van der Waals surface area contributed by atoms with E-state index in [1.54, 1.807) is 42.7 Å². The van der Waals surface area contributed by atoms with Gasteiger partial charge in [0.15, 0.2) is 0 Å². The predicted molar refractivity (Wildman–Crippen MR) is 185 cm³/mol. The van der Waals surface area contributed by atoms with Crippen LogP contribution >= 0.6 is 11.7 Å². The van der Waals surface area contributed by atoms with Gasteiger partial charge in [-0.2, -0.15) is 29.8 Å². The fraction of sp³-hybridized carbons (Fsp3) is 0. The molecule has 0 spiro atoms. The average Bonchev–Trinajstić information content (AvgIpc) is 3.65. The van der Waals surface area contributed by atoms with Gasteiger partial charge < -0.3 is 4.90 Å². The molecule has 0 unspecified atom stereocenters. The molecule has 0 atom stereocenters. The van der Waals surface area contributed by atoms with Crippen LogP contribution in [0.2, 0.25) is 0 Å². The first kappa shape index (κ1) is 30.7. The van der Waals surface area contributed by atoms with Crippen LogP contribution in [0.4, 0.5) is 17.1 Å². The molecule has 48 heavy (non-hydrogen) atoms. The van der Waals surface area contributed by atoms with Crippen LogP contribution < -0.4 is 4.90 Å². The second-order valence-corrected chi connectivity index (χ2v) is 10.6. The van der Waals surface area contributed by atoms with E-state index in [0.29, 0.717) is 33.3 Å². The number of fused-ring (bicyclic) bond motifs is 1. The summed E-state index contributed by atoms with van der Waals surface area (Å²) < 4.78 is 8.96. The lowest BCUT2D eigenvalue weighted by atomic mass is 9.85. The first-order chi connectivity index (χ1) is 23.7. The second-order valence-electron chi connectivity index (χ2n) is 10.1. The molecule has 2 aromatic heterocycles. The van der Waals surface area contributed by atoms with Crippen LogP contribution in [0.3, 0.4) is 0 Å². The molecule has 2 heterocycles. The molecule has 0 saturated heterocycles. The van der Waals surface area contributed by atoms with Crippen LogP contribution in [0.25, 0.3) is 22.2 Å². The molecule has 0 aliphatic carbocycles. The zero-order valence-corrected chi connectivity index (χ0v) is 25.8. The van der Waals surface area contributed by atoms with Gasteiger partial charge in [-0.25, -0.2) is 0 Å². The zero-order valence-electron chi connectivity index (χ0n) is 25.0. The van der Waals surface area contributed by atoms with Crippen LogP contribution in [0, 0.1) is 57.2 Å². The van der Waals surface area contributed by atoms with Crippen molar-refractivity contribution in [2.45, 2.75) is 0 Å². The van der Waals surface area contributed by atoms with Crippen LogP contribution in [0.5, 0.6) is 0 Å². The Morgan fingerprint density at radius 1 is 0.562 bits per heavy atom. The number of nitriles is 4. The topological polar surface area (TPSA) is 137 Å². The van der Waals surface area contributed by atoms with Crippen molar-refractivity contribution in [3.63, 3.8) is 0 Å². The van der Waals surface area contributed by atoms with E-state index in [1.807, 2.05) is 103 Å². The van der Waals surface area contributed by atoms with E-state index in [2.05, 4.69) is 30.5 Å². The summed E-state index contributed by atoms with van der Waals surface area (Å²) in [4.78, 5) is 6.17. The summed E-state index contributed by atoms with van der Waals surface area (Å²) in [5, 5.41) is 40.6. The summed E-state index contributed by atoms with van der Waals surface area (Å²) in [5.41, 5.74) is 5.39. The highest BCUT2D eigenvalue weighted by atomic mass is 32.1. The van der Waals surface area contributed by atoms with Crippen molar-refractivity contribution in [1.82, 2.24) is 13.7 Å². The Kier molecular flexibility index (Phi) is 9.05. The Bertz CT molecular complexity index is 2350. The number of para-hydroxylation sites is 2.